The third-order valence-corrected chi connectivity index (χ3v) is 6.30. The van der Waals surface area contributed by atoms with Crippen molar-refractivity contribution >= 4 is 50.9 Å². The number of hydrogen-bond donors (Lipinski definition) is 1. The number of carbonyl (C=O) groups is 2. The highest BCUT2D eigenvalue weighted by Crippen LogP contribution is 2.29. The van der Waals surface area contributed by atoms with Gasteiger partial charge in [0.2, 0.25) is 0 Å². The molecule has 1 aromatic heterocycles. The molecule has 3 aromatic rings. The maximum absolute atomic E-state index is 12.2. The molecule has 146 valence electrons. The highest BCUT2D eigenvalue weighted by atomic mass is 32.2. The molecule has 0 aliphatic rings. The number of rotatable bonds is 7. The number of aromatic nitrogens is 1. The number of ether oxygens (including phenoxy) is 1. The number of fused-ring (bicyclic) bond motifs is 1. The Labute approximate surface area is 172 Å². The molecule has 1 N–H and O–H groups in total. The lowest BCUT2D eigenvalue weighted by Crippen LogP contribution is -2.22. The number of esters is 1. The molecule has 0 aliphatic carbocycles. The first-order chi connectivity index (χ1) is 13.4. The van der Waals surface area contributed by atoms with Crippen LogP contribution >= 0.6 is 23.1 Å². The first kappa shape index (κ1) is 20.4. The van der Waals surface area contributed by atoms with Crippen molar-refractivity contribution in [2.45, 2.75) is 31.0 Å². The van der Waals surface area contributed by atoms with Crippen LogP contribution < -0.4 is 5.32 Å². The van der Waals surface area contributed by atoms with Gasteiger partial charge in [-0.05, 0) is 36.1 Å². The minimum Gasteiger partial charge on any atom is -0.455 e. The van der Waals surface area contributed by atoms with Crippen LogP contribution in [0.1, 0.15) is 30.9 Å². The molecule has 0 bridgehead atoms. The summed E-state index contributed by atoms with van der Waals surface area (Å²) in [4.78, 5) is 28.7. The van der Waals surface area contributed by atoms with Crippen LogP contribution in [0.25, 0.3) is 10.2 Å². The van der Waals surface area contributed by atoms with Crippen LogP contribution in [0, 0.1) is 6.92 Å². The van der Waals surface area contributed by atoms with Crippen molar-refractivity contribution in [3.8, 4) is 0 Å². The fourth-order valence-corrected chi connectivity index (χ4v) is 4.61. The van der Waals surface area contributed by atoms with Gasteiger partial charge in [-0.1, -0.05) is 55.9 Å². The Balaban J connectivity index is 1.50. The molecule has 0 spiro atoms. The smallest absolute Gasteiger partial charge is 0.316 e. The fourth-order valence-electron chi connectivity index (χ4n) is 2.74. The lowest BCUT2D eigenvalue weighted by molar-refractivity contribution is -0.144. The van der Waals surface area contributed by atoms with E-state index in [-0.39, 0.29) is 24.2 Å². The summed E-state index contributed by atoms with van der Waals surface area (Å²) < 4.78 is 7.01. The van der Waals surface area contributed by atoms with Crippen LogP contribution in [0.3, 0.4) is 0 Å². The topological polar surface area (TPSA) is 68.3 Å². The average Bonchev–Trinajstić information content (AvgIpc) is 3.09. The van der Waals surface area contributed by atoms with E-state index < -0.39 is 5.97 Å². The number of hydrogen-bond acceptors (Lipinski definition) is 6. The van der Waals surface area contributed by atoms with E-state index in [9.17, 15) is 9.59 Å². The quantitative estimate of drug-likeness (QED) is 0.435. The Bertz CT molecular complexity index is 965. The number of thioether (sulfide) groups is 1. The average molecular weight is 415 g/mol. The Morgan fingerprint density at radius 1 is 1.18 bits per heavy atom. The van der Waals surface area contributed by atoms with E-state index >= 15 is 0 Å². The number of para-hydroxylation sites is 2. The van der Waals surface area contributed by atoms with Crippen molar-refractivity contribution in [3.63, 3.8) is 0 Å². The molecule has 5 nitrogen and oxygen atoms in total. The van der Waals surface area contributed by atoms with Crippen LogP contribution in [0.5, 0.6) is 0 Å². The molecule has 1 heterocycles. The van der Waals surface area contributed by atoms with Gasteiger partial charge >= 0.3 is 5.97 Å². The first-order valence-electron chi connectivity index (χ1n) is 8.97. The van der Waals surface area contributed by atoms with Gasteiger partial charge in [-0.3, -0.25) is 9.59 Å². The number of aryl methyl sites for hydroxylation is 1. The molecule has 0 atom stereocenters. The first-order valence-corrected chi connectivity index (χ1v) is 10.8. The van der Waals surface area contributed by atoms with Crippen molar-refractivity contribution in [1.29, 1.82) is 0 Å². The van der Waals surface area contributed by atoms with E-state index in [1.54, 1.807) is 0 Å². The summed E-state index contributed by atoms with van der Waals surface area (Å²) in [6, 6.07) is 13.7. The highest BCUT2D eigenvalue weighted by molar-refractivity contribution is 8.01. The molecule has 0 radical (unpaired) electrons. The lowest BCUT2D eigenvalue weighted by Gasteiger charge is -2.16. The van der Waals surface area contributed by atoms with E-state index in [1.807, 2.05) is 49.4 Å². The van der Waals surface area contributed by atoms with Crippen LogP contribution in [0.15, 0.2) is 46.8 Å². The zero-order valence-electron chi connectivity index (χ0n) is 16.0. The van der Waals surface area contributed by atoms with Gasteiger partial charge < -0.3 is 10.1 Å². The normalized spacial score (nSPS) is 11.0. The van der Waals surface area contributed by atoms with Crippen molar-refractivity contribution in [3.05, 3.63) is 53.6 Å². The van der Waals surface area contributed by atoms with Gasteiger partial charge in [-0.15, -0.1) is 11.3 Å². The number of nitrogens with one attached hydrogen (secondary N) is 1. The summed E-state index contributed by atoms with van der Waals surface area (Å²) >= 11 is 2.86. The number of thiazole rings is 1. The molecule has 0 saturated heterocycles. The van der Waals surface area contributed by atoms with E-state index in [4.69, 9.17) is 4.74 Å². The second-order valence-electron chi connectivity index (χ2n) is 6.64. The summed E-state index contributed by atoms with van der Waals surface area (Å²) in [5.74, 6) is -0.375. The summed E-state index contributed by atoms with van der Waals surface area (Å²) in [5.41, 5.74) is 3.76. The van der Waals surface area contributed by atoms with Gasteiger partial charge in [0.15, 0.2) is 10.9 Å². The van der Waals surface area contributed by atoms with Crippen LogP contribution in [0.4, 0.5) is 5.69 Å². The number of carbonyl (C=O) groups excluding carboxylic acids is 2. The second-order valence-corrected chi connectivity index (χ2v) is 8.89. The van der Waals surface area contributed by atoms with E-state index in [2.05, 4.69) is 24.1 Å². The third-order valence-electron chi connectivity index (χ3n) is 4.14. The van der Waals surface area contributed by atoms with Crippen molar-refractivity contribution < 1.29 is 14.3 Å². The molecule has 1 amide bonds. The summed E-state index contributed by atoms with van der Waals surface area (Å²) in [6.07, 6.45) is 0. The SMILES string of the molecule is Cc1cccc(C(C)C)c1NC(=O)COC(=O)CSc1nc2ccccc2s1. The summed E-state index contributed by atoms with van der Waals surface area (Å²) in [6.45, 7) is 5.79. The van der Waals surface area contributed by atoms with Gasteiger partial charge in [0.25, 0.3) is 5.91 Å². The Hall–Kier alpha value is -2.38. The third kappa shape index (κ3) is 5.11. The minimum absolute atomic E-state index is 0.120. The number of anilines is 1. The molecular formula is C21H22N2O3S2. The highest BCUT2D eigenvalue weighted by Gasteiger charge is 2.14. The van der Waals surface area contributed by atoms with Gasteiger partial charge in [-0.2, -0.15) is 0 Å². The molecule has 28 heavy (non-hydrogen) atoms. The van der Waals surface area contributed by atoms with Gasteiger partial charge in [0.1, 0.15) is 0 Å². The second kappa shape index (κ2) is 9.21. The monoisotopic (exact) mass is 414 g/mol. The van der Waals surface area contributed by atoms with E-state index in [1.165, 1.54) is 23.1 Å². The summed E-state index contributed by atoms with van der Waals surface area (Å²) in [5, 5.41) is 2.87. The van der Waals surface area contributed by atoms with Crippen molar-refractivity contribution in [2.75, 3.05) is 17.7 Å². The summed E-state index contributed by atoms with van der Waals surface area (Å²) in [7, 11) is 0. The molecule has 0 unspecified atom stereocenters. The number of amides is 1. The molecular weight excluding hydrogens is 392 g/mol. The zero-order valence-corrected chi connectivity index (χ0v) is 17.7. The molecule has 2 aromatic carbocycles. The van der Waals surface area contributed by atoms with Gasteiger partial charge in [0.05, 0.1) is 16.0 Å². The number of benzene rings is 2. The fraction of sp³-hybridized carbons (Fsp3) is 0.286. The van der Waals surface area contributed by atoms with Crippen LogP contribution in [-0.2, 0) is 14.3 Å². The molecule has 0 fully saturated rings. The van der Waals surface area contributed by atoms with E-state index in [0.29, 0.717) is 0 Å². The van der Waals surface area contributed by atoms with Gasteiger partial charge in [0, 0.05) is 5.69 Å². The standard InChI is InChI=1S/C21H22N2O3S2/c1-13(2)15-8-6-7-14(3)20(15)23-18(24)11-26-19(25)12-27-21-22-16-9-4-5-10-17(16)28-21/h4-10,13H,11-12H2,1-3H3,(H,23,24). The van der Waals surface area contributed by atoms with Crippen LogP contribution in [0.2, 0.25) is 0 Å². The van der Waals surface area contributed by atoms with Crippen LogP contribution in [-0.4, -0.2) is 29.2 Å². The van der Waals surface area contributed by atoms with Gasteiger partial charge in [-0.25, -0.2) is 4.98 Å². The molecule has 0 saturated carbocycles. The maximum atomic E-state index is 12.2. The van der Waals surface area contributed by atoms with Crippen molar-refractivity contribution in [1.82, 2.24) is 4.98 Å². The predicted octanol–water partition coefficient (Wildman–Crippen LogP) is 5.00. The zero-order chi connectivity index (χ0) is 20.1. The van der Waals surface area contributed by atoms with Crippen molar-refractivity contribution in [2.24, 2.45) is 0 Å². The minimum atomic E-state index is -0.437. The predicted molar refractivity (Wildman–Crippen MR) is 115 cm³/mol. The number of nitrogens with zero attached hydrogens (tertiary/aromatic N) is 1. The largest absolute Gasteiger partial charge is 0.455 e. The maximum Gasteiger partial charge on any atom is 0.316 e. The molecule has 7 heteroatoms. The molecule has 0 aliphatic heterocycles. The Morgan fingerprint density at radius 3 is 2.71 bits per heavy atom. The molecule has 3 rings (SSSR count). The van der Waals surface area contributed by atoms with E-state index in [0.717, 1.165) is 31.4 Å². The Kier molecular flexibility index (Phi) is 6.70. The lowest BCUT2D eigenvalue weighted by atomic mass is 9.98. The Morgan fingerprint density at radius 2 is 1.96 bits per heavy atom.